The Bertz CT molecular complexity index is 1200. The molecular weight excluding hydrogens is 522 g/mol. The number of nitrogens with zero attached hydrogens (tertiary/aromatic N) is 1. The minimum atomic E-state index is -0.785. The van der Waals surface area contributed by atoms with Gasteiger partial charge < -0.3 is 14.8 Å². The van der Waals surface area contributed by atoms with Crippen molar-refractivity contribution in [2.24, 2.45) is 5.10 Å². The van der Waals surface area contributed by atoms with Crippen LogP contribution in [0.25, 0.3) is 0 Å². The Morgan fingerprint density at radius 3 is 2.56 bits per heavy atom. The van der Waals surface area contributed by atoms with E-state index in [1.54, 1.807) is 55.5 Å². The van der Waals surface area contributed by atoms with Crippen LogP contribution in [0.2, 0.25) is 5.02 Å². The highest BCUT2D eigenvalue weighted by atomic mass is 79.9. The van der Waals surface area contributed by atoms with Crippen LogP contribution in [0.1, 0.15) is 28.4 Å². The molecule has 0 aliphatic carbocycles. The molecule has 0 saturated carbocycles. The maximum atomic E-state index is 12.3. The number of methoxy groups -OCH3 is 1. The van der Waals surface area contributed by atoms with Gasteiger partial charge in [-0.15, -0.1) is 0 Å². The Morgan fingerprint density at radius 1 is 1.09 bits per heavy atom. The van der Waals surface area contributed by atoms with Crippen molar-refractivity contribution in [3.05, 3.63) is 92.9 Å². The zero-order chi connectivity index (χ0) is 24.5. The third kappa shape index (κ3) is 6.82. The Morgan fingerprint density at radius 2 is 1.82 bits per heavy atom. The molecule has 0 aliphatic heterocycles. The van der Waals surface area contributed by atoms with E-state index in [1.807, 2.05) is 18.2 Å². The topological polar surface area (TPSA) is 89.0 Å². The molecule has 2 amide bonds. The first-order valence-electron chi connectivity index (χ1n) is 10.3. The van der Waals surface area contributed by atoms with Crippen LogP contribution in [0, 0.1) is 0 Å². The van der Waals surface area contributed by atoms with Gasteiger partial charge in [0.2, 0.25) is 0 Å². The summed E-state index contributed by atoms with van der Waals surface area (Å²) in [4.78, 5) is 24.7. The molecule has 0 fully saturated rings. The summed E-state index contributed by atoms with van der Waals surface area (Å²) in [6.45, 7) is 1.87. The van der Waals surface area contributed by atoms with Gasteiger partial charge in [0.1, 0.15) is 12.6 Å². The van der Waals surface area contributed by atoms with Gasteiger partial charge in [0.25, 0.3) is 11.8 Å². The monoisotopic (exact) mass is 543 g/mol. The van der Waals surface area contributed by atoms with Crippen molar-refractivity contribution in [3.8, 4) is 11.5 Å². The molecule has 34 heavy (non-hydrogen) atoms. The summed E-state index contributed by atoms with van der Waals surface area (Å²) in [5.74, 6) is 0.239. The molecule has 0 radical (unpaired) electrons. The first-order valence-corrected chi connectivity index (χ1v) is 11.5. The molecule has 2 N–H and O–H groups in total. The second-order valence-corrected chi connectivity index (χ2v) is 8.46. The second kappa shape index (κ2) is 12.2. The van der Waals surface area contributed by atoms with Gasteiger partial charge in [-0.3, -0.25) is 9.59 Å². The van der Waals surface area contributed by atoms with Crippen molar-refractivity contribution in [1.82, 2.24) is 10.7 Å². The first-order chi connectivity index (χ1) is 16.4. The molecule has 3 aromatic rings. The van der Waals surface area contributed by atoms with Gasteiger partial charge in [0.15, 0.2) is 11.5 Å². The summed E-state index contributed by atoms with van der Waals surface area (Å²) in [5, 5.41) is 7.24. The smallest absolute Gasteiger partial charge is 0.262 e. The Kier molecular flexibility index (Phi) is 9.07. The minimum Gasteiger partial charge on any atom is -0.493 e. The number of hydrogen-bond acceptors (Lipinski definition) is 5. The second-order valence-electron chi connectivity index (χ2n) is 7.20. The third-order valence-electron chi connectivity index (χ3n) is 4.78. The van der Waals surface area contributed by atoms with Crippen LogP contribution in [-0.2, 0) is 11.4 Å². The Labute approximate surface area is 211 Å². The van der Waals surface area contributed by atoms with Gasteiger partial charge in [0.05, 0.1) is 18.9 Å². The van der Waals surface area contributed by atoms with Gasteiger partial charge in [0, 0.05) is 15.1 Å². The van der Waals surface area contributed by atoms with Crippen molar-refractivity contribution in [2.75, 3.05) is 7.11 Å². The van der Waals surface area contributed by atoms with Crippen molar-refractivity contribution < 1.29 is 19.1 Å². The maximum absolute atomic E-state index is 12.3. The normalized spacial score (nSPS) is 11.6. The molecule has 176 valence electrons. The molecule has 0 saturated heterocycles. The van der Waals surface area contributed by atoms with E-state index in [1.165, 1.54) is 13.3 Å². The maximum Gasteiger partial charge on any atom is 0.262 e. The highest BCUT2D eigenvalue weighted by Gasteiger charge is 2.17. The van der Waals surface area contributed by atoms with Crippen LogP contribution in [0.3, 0.4) is 0 Å². The van der Waals surface area contributed by atoms with Gasteiger partial charge in [-0.2, -0.15) is 5.10 Å². The quantitative estimate of drug-likeness (QED) is 0.294. The number of benzene rings is 3. The molecule has 0 aromatic heterocycles. The highest BCUT2D eigenvalue weighted by Crippen LogP contribution is 2.29. The van der Waals surface area contributed by atoms with E-state index in [4.69, 9.17) is 21.1 Å². The van der Waals surface area contributed by atoms with E-state index < -0.39 is 11.9 Å². The van der Waals surface area contributed by atoms with Crippen LogP contribution in [0.5, 0.6) is 11.5 Å². The molecule has 3 rings (SSSR count). The molecule has 1 atom stereocenters. The Hall–Kier alpha value is -3.36. The number of halogens is 2. The van der Waals surface area contributed by atoms with Crippen LogP contribution in [0.15, 0.2) is 76.3 Å². The van der Waals surface area contributed by atoms with Crippen molar-refractivity contribution in [3.63, 3.8) is 0 Å². The van der Waals surface area contributed by atoms with Gasteiger partial charge in [-0.1, -0.05) is 41.9 Å². The van der Waals surface area contributed by atoms with Crippen molar-refractivity contribution >= 4 is 45.6 Å². The lowest BCUT2D eigenvalue weighted by Crippen LogP contribution is -2.43. The van der Waals surface area contributed by atoms with E-state index >= 15 is 0 Å². The summed E-state index contributed by atoms with van der Waals surface area (Å²) in [5.41, 5.74) is 4.41. The zero-order valence-electron chi connectivity index (χ0n) is 18.5. The number of carbonyl (C=O) groups excluding carboxylic acids is 2. The number of amides is 2. The third-order valence-corrected chi connectivity index (χ3v) is 5.84. The van der Waals surface area contributed by atoms with Gasteiger partial charge in [-0.25, -0.2) is 5.43 Å². The largest absolute Gasteiger partial charge is 0.493 e. The molecule has 7 nitrogen and oxygen atoms in total. The van der Waals surface area contributed by atoms with Crippen molar-refractivity contribution in [1.29, 1.82) is 0 Å². The molecule has 3 aromatic carbocycles. The lowest BCUT2D eigenvalue weighted by atomic mass is 10.2. The number of hydrazone groups is 1. The molecular formula is C25H23BrClN3O4. The fourth-order valence-electron chi connectivity index (χ4n) is 2.91. The van der Waals surface area contributed by atoms with Crippen molar-refractivity contribution in [2.45, 2.75) is 19.6 Å². The average Bonchev–Trinajstić information content (AvgIpc) is 2.84. The van der Waals surface area contributed by atoms with Crippen LogP contribution >= 0.6 is 27.5 Å². The first kappa shape index (κ1) is 25.3. The highest BCUT2D eigenvalue weighted by molar-refractivity contribution is 9.10. The average molecular weight is 545 g/mol. The molecule has 9 heteroatoms. The van der Waals surface area contributed by atoms with E-state index in [2.05, 4.69) is 31.8 Å². The predicted molar refractivity (Wildman–Crippen MR) is 136 cm³/mol. The minimum absolute atomic E-state index is 0.294. The molecule has 0 heterocycles. The number of hydrogen-bond donors (Lipinski definition) is 2. The summed E-state index contributed by atoms with van der Waals surface area (Å²) < 4.78 is 11.9. The van der Waals surface area contributed by atoms with Crippen LogP contribution in [-0.4, -0.2) is 31.2 Å². The predicted octanol–water partition coefficient (Wildman–Crippen LogP) is 4.96. The van der Waals surface area contributed by atoms with E-state index in [0.717, 1.165) is 5.56 Å². The number of carbonyl (C=O) groups is 2. The Balaban J connectivity index is 1.56. The summed E-state index contributed by atoms with van der Waals surface area (Å²) >= 11 is 9.49. The molecule has 1 unspecified atom stereocenters. The van der Waals surface area contributed by atoms with Crippen LogP contribution in [0.4, 0.5) is 0 Å². The fourth-order valence-corrected chi connectivity index (χ4v) is 3.56. The molecule has 0 bridgehead atoms. The lowest BCUT2D eigenvalue weighted by Gasteiger charge is -2.13. The zero-order valence-corrected chi connectivity index (χ0v) is 20.9. The number of ether oxygens (including phenoxy) is 2. The van der Waals surface area contributed by atoms with Gasteiger partial charge >= 0.3 is 0 Å². The number of rotatable bonds is 9. The molecule has 0 aliphatic rings. The standard InChI is InChI=1S/C25H23BrClN3O4/c1-16(29-25(32)19-8-4-5-9-20(19)26)24(31)30-28-14-17-11-12-22(23(13-17)33-2)34-15-18-7-3-6-10-21(18)27/h3-14,16H,15H2,1-2H3,(H,29,32)(H,30,31). The SMILES string of the molecule is COc1cc(C=NNC(=O)C(C)NC(=O)c2ccccc2Br)ccc1OCc1ccccc1Cl. The van der Waals surface area contributed by atoms with E-state index in [0.29, 0.717) is 38.7 Å². The van der Waals surface area contributed by atoms with Gasteiger partial charge in [-0.05, 0) is 64.8 Å². The van der Waals surface area contributed by atoms with Crippen LogP contribution < -0.4 is 20.2 Å². The van der Waals surface area contributed by atoms with E-state index in [9.17, 15) is 9.59 Å². The number of nitrogens with one attached hydrogen (secondary N) is 2. The molecule has 0 spiro atoms. The summed E-state index contributed by atoms with van der Waals surface area (Å²) in [6.07, 6.45) is 1.47. The summed E-state index contributed by atoms with van der Waals surface area (Å²) in [7, 11) is 1.54. The van der Waals surface area contributed by atoms with E-state index in [-0.39, 0.29) is 5.91 Å². The summed E-state index contributed by atoms with van der Waals surface area (Å²) in [6, 6.07) is 18.9. The fraction of sp³-hybridized carbons (Fsp3) is 0.160. The lowest BCUT2D eigenvalue weighted by molar-refractivity contribution is -0.122.